The second kappa shape index (κ2) is 8.73. The molecular formula is C24H13ClF4N4O5. The highest BCUT2D eigenvalue weighted by molar-refractivity contribution is 6.31. The van der Waals surface area contributed by atoms with Gasteiger partial charge in [0.05, 0.1) is 21.7 Å². The molecule has 0 radical (unpaired) electrons. The van der Waals surface area contributed by atoms with Gasteiger partial charge >= 0.3 is 18.2 Å². The number of alkyl halides is 3. The minimum Gasteiger partial charge on any atom is -0.465 e. The van der Waals surface area contributed by atoms with Crippen LogP contribution in [-0.4, -0.2) is 39.2 Å². The first-order chi connectivity index (χ1) is 17.9. The lowest BCUT2D eigenvalue weighted by Gasteiger charge is -2.39. The summed E-state index contributed by atoms with van der Waals surface area (Å²) in [5, 5.41) is 10.5. The Balaban J connectivity index is 1.83. The van der Waals surface area contributed by atoms with E-state index in [1.54, 1.807) is 0 Å². The molecule has 0 spiro atoms. The van der Waals surface area contributed by atoms with Crippen molar-refractivity contribution in [2.45, 2.75) is 11.9 Å². The number of nitrogens with zero attached hydrogens (tertiary/aromatic N) is 2. The van der Waals surface area contributed by atoms with Gasteiger partial charge in [-0.05, 0) is 30.3 Å². The van der Waals surface area contributed by atoms with Gasteiger partial charge in [0.15, 0.2) is 5.82 Å². The predicted molar refractivity (Wildman–Crippen MR) is 125 cm³/mol. The highest BCUT2D eigenvalue weighted by Gasteiger charge is 2.58. The maximum absolute atomic E-state index is 15.3. The molecule has 3 aromatic carbocycles. The third kappa shape index (κ3) is 3.87. The van der Waals surface area contributed by atoms with Crippen molar-refractivity contribution in [3.63, 3.8) is 0 Å². The van der Waals surface area contributed by atoms with Gasteiger partial charge in [0.25, 0.3) is 5.91 Å². The zero-order valence-corrected chi connectivity index (χ0v) is 19.4. The third-order valence-electron chi connectivity index (χ3n) is 5.78. The minimum absolute atomic E-state index is 0.108. The van der Waals surface area contributed by atoms with Crippen LogP contribution in [0.1, 0.15) is 21.5 Å². The molecule has 14 heteroatoms. The van der Waals surface area contributed by atoms with Crippen molar-refractivity contribution < 1.29 is 41.8 Å². The summed E-state index contributed by atoms with van der Waals surface area (Å²) in [6.45, 7) is 0. The van der Waals surface area contributed by atoms with Crippen LogP contribution >= 0.6 is 11.6 Å². The molecule has 5 rings (SSSR count). The molecule has 0 fully saturated rings. The Morgan fingerprint density at radius 3 is 2.55 bits per heavy atom. The van der Waals surface area contributed by atoms with Gasteiger partial charge in [-0.25, -0.2) is 19.0 Å². The first-order valence-corrected chi connectivity index (χ1v) is 11.0. The van der Waals surface area contributed by atoms with Crippen LogP contribution in [0.2, 0.25) is 5.02 Å². The molecule has 1 atom stereocenters. The molecular weight excluding hydrogens is 536 g/mol. The lowest BCUT2D eigenvalue weighted by atomic mass is 9.92. The number of esters is 1. The minimum atomic E-state index is -5.48. The van der Waals surface area contributed by atoms with Gasteiger partial charge in [-0.2, -0.15) is 13.2 Å². The highest BCUT2D eigenvalue weighted by atomic mass is 35.5. The van der Waals surface area contributed by atoms with Crippen LogP contribution in [-0.2, 0) is 15.3 Å². The SMILES string of the molecule is O=C(O)Nc1nc2ccc(C3(OC(=O)C(F)(F)F)c4ccccc4C(=O)N3c3cccc(Cl)c3F)cc2[nH]1. The Morgan fingerprint density at radius 2 is 1.84 bits per heavy atom. The van der Waals surface area contributed by atoms with Gasteiger partial charge in [-0.1, -0.05) is 41.9 Å². The van der Waals surface area contributed by atoms with E-state index in [0.717, 1.165) is 6.07 Å². The van der Waals surface area contributed by atoms with Gasteiger partial charge in [-0.15, -0.1) is 0 Å². The van der Waals surface area contributed by atoms with E-state index in [4.69, 9.17) is 21.4 Å². The summed E-state index contributed by atoms with van der Waals surface area (Å²) in [4.78, 5) is 44.2. The number of carbonyl (C=O) groups excluding carboxylic acids is 2. The van der Waals surface area contributed by atoms with E-state index in [1.807, 2.05) is 5.32 Å². The summed E-state index contributed by atoms with van der Waals surface area (Å²) < 4.78 is 61.1. The second-order valence-corrected chi connectivity index (χ2v) is 8.45. The fourth-order valence-corrected chi connectivity index (χ4v) is 4.48. The van der Waals surface area contributed by atoms with Crippen LogP contribution in [0.15, 0.2) is 60.7 Å². The van der Waals surface area contributed by atoms with Crippen LogP contribution in [0.25, 0.3) is 11.0 Å². The molecule has 2 heterocycles. The van der Waals surface area contributed by atoms with Gasteiger partial charge in [0.2, 0.25) is 11.7 Å². The lowest BCUT2D eigenvalue weighted by Crippen LogP contribution is -2.50. The number of rotatable bonds is 4. The predicted octanol–water partition coefficient (Wildman–Crippen LogP) is 5.41. The second-order valence-electron chi connectivity index (χ2n) is 8.04. The molecule has 0 saturated carbocycles. The molecule has 0 aliphatic carbocycles. The maximum Gasteiger partial charge on any atom is 0.491 e. The number of halogens is 5. The van der Waals surface area contributed by atoms with Crippen molar-refractivity contribution in [1.29, 1.82) is 0 Å². The molecule has 1 aliphatic rings. The molecule has 38 heavy (non-hydrogen) atoms. The summed E-state index contributed by atoms with van der Waals surface area (Å²) in [7, 11) is 0. The van der Waals surface area contributed by atoms with Crippen molar-refractivity contribution in [3.05, 3.63) is 88.2 Å². The Labute approximate surface area is 214 Å². The molecule has 1 unspecified atom stereocenters. The number of ether oxygens (including phenoxy) is 1. The average Bonchev–Trinajstić information content (AvgIpc) is 3.36. The number of amides is 2. The van der Waals surface area contributed by atoms with E-state index >= 15 is 4.39 Å². The summed E-state index contributed by atoms with van der Waals surface area (Å²) in [5.74, 6) is -4.95. The third-order valence-corrected chi connectivity index (χ3v) is 6.07. The Kier molecular flexibility index (Phi) is 5.75. The first kappa shape index (κ1) is 25.0. The molecule has 194 valence electrons. The molecule has 1 aromatic heterocycles. The van der Waals surface area contributed by atoms with Crippen molar-refractivity contribution in [2.24, 2.45) is 0 Å². The molecule has 2 amide bonds. The van der Waals surface area contributed by atoms with Crippen LogP contribution in [0.5, 0.6) is 0 Å². The van der Waals surface area contributed by atoms with Crippen LogP contribution < -0.4 is 10.2 Å². The summed E-state index contributed by atoms with van der Waals surface area (Å²) in [6.07, 6.45) is -6.92. The number of imidazole rings is 1. The Bertz CT molecular complexity index is 1640. The fraction of sp³-hybridized carbons (Fsp3) is 0.0833. The highest BCUT2D eigenvalue weighted by Crippen LogP contribution is 2.50. The topological polar surface area (TPSA) is 125 Å². The van der Waals surface area contributed by atoms with Crippen LogP contribution in [0.3, 0.4) is 0 Å². The number of carbonyl (C=O) groups is 3. The number of hydrogen-bond donors (Lipinski definition) is 3. The average molecular weight is 549 g/mol. The number of aromatic amines is 1. The number of nitrogens with one attached hydrogen (secondary N) is 2. The zero-order valence-electron chi connectivity index (χ0n) is 18.6. The Morgan fingerprint density at radius 1 is 1.11 bits per heavy atom. The fourth-order valence-electron chi connectivity index (χ4n) is 4.31. The number of carboxylic acid groups (broad SMARTS) is 1. The zero-order chi connectivity index (χ0) is 27.4. The van der Waals surface area contributed by atoms with E-state index < -0.39 is 46.4 Å². The number of hydrogen-bond acceptors (Lipinski definition) is 5. The van der Waals surface area contributed by atoms with E-state index in [-0.39, 0.29) is 33.7 Å². The number of fused-ring (bicyclic) bond motifs is 2. The van der Waals surface area contributed by atoms with E-state index in [9.17, 15) is 27.6 Å². The number of aromatic nitrogens is 2. The van der Waals surface area contributed by atoms with Gasteiger partial charge in [0.1, 0.15) is 0 Å². The number of benzene rings is 3. The van der Waals surface area contributed by atoms with Crippen LogP contribution in [0.4, 0.5) is 34.0 Å². The molecule has 0 saturated heterocycles. The standard InChI is InChI=1S/C24H13ClF4N4O5/c25-14-6-3-7-17(18(14)26)33-19(34)12-4-1-2-5-13(12)23(33,38-20(35)24(27,28)29)11-8-9-15-16(10-11)31-21(30-15)32-22(36)37/h1-10H,(H,36,37)(H2,30,31,32). The van der Waals surface area contributed by atoms with E-state index in [0.29, 0.717) is 4.90 Å². The Hall–Kier alpha value is -4.65. The van der Waals surface area contributed by atoms with Crippen molar-refractivity contribution in [2.75, 3.05) is 10.2 Å². The molecule has 3 N–H and O–H groups in total. The number of anilines is 2. The molecule has 4 aromatic rings. The van der Waals surface area contributed by atoms with Gasteiger partial charge < -0.3 is 14.8 Å². The molecule has 0 bridgehead atoms. The lowest BCUT2D eigenvalue weighted by molar-refractivity contribution is -0.211. The van der Waals surface area contributed by atoms with E-state index in [1.165, 1.54) is 54.6 Å². The van der Waals surface area contributed by atoms with Gasteiger partial charge in [-0.3, -0.25) is 15.0 Å². The van der Waals surface area contributed by atoms with Crippen LogP contribution in [0, 0.1) is 5.82 Å². The van der Waals surface area contributed by atoms with Gasteiger partial charge in [0, 0.05) is 16.7 Å². The normalized spacial score (nSPS) is 17.0. The largest absolute Gasteiger partial charge is 0.491 e. The monoisotopic (exact) mass is 548 g/mol. The number of H-pyrrole nitrogens is 1. The maximum atomic E-state index is 15.3. The molecule has 9 nitrogen and oxygen atoms in total. The smallest absolute Gasteiger partial charge is 0.465 e. The quantitative estimate of drug-likeness (QED) is 0.231. The van der Waals surface area contributed by atoms with Crippen molar-refractivity contribution in [1.82, 2.24) is 9.97 Å². The summed E-state index contributed by atoms with van der Waals surface area (Å²) in [5.41, 5.74) is -3.43. The van der Waals surface area contributed by atoms with E-state index in [2.05, 4.69) is 9.97 Å². The first-order valence-electron chi connectivity index (χ1n) is 10.6. The van der Waals surface area contributed by atoms with Crippen molar-refractivity contribution in [3.8, 4) is 0 Å². The molecule has 1 aliphatic heterocycles. The summed E-state index contributed by atoms with van der Waals surface area (Å²) in [6, 6.07) is 12.7. The van der Waals surface area contributed by atoms with Crippen molar-refractivity contribution >= 4 is 52.2 Å². The summed E-state index contributed by atoms with van der Waals surface area (Å²) >= 11 is 5.92.